The molecule has 0 aliphatic carbocycles. The maximum Gasteiger partial charge on any atom is 0.222 e. The summed E-state index contributed by atoms with van der Waals surface area (Å²) in [4.78, 5) is 4.70. The topological polar surface area (TPSA) is 52.0 Å². The van der Waals surface area contributed by atoms with Crippen molar-refractivity contribution in [3.05, 3.63) is 16.8 Å². The van der Waals surface area contributed by atoms with Crippen LogP contribution in [0.25, 0.3) is 10.6 Å². The third-order valence-corrected chi connectivity index (χ3v) is 3.93. The first-order valence-corrected chi connectivity index (χ1v) is 7.23. The summed E-state index contributed by atoms with van der Waals surface area (Å²) < 4.78 is 7.17. The average molecular weight is 280 g/mol. The molecule has 0 aliphatic heterocycles. The van der Waals surface area contributed by atoms with Crippen molar-refractivity contribution in [3.63, 3.8) is 0 Å². The van der Waals surface area contributed by atoms with Crippen molar-refractivity contribution in [2.45, 2.75) is 26.8 Å². The van der Waals surface area contributed by atoms with E-state index in [0.717, 1.165) is 34.4 Å². The van der Waals surface area contributed by atoms with E-state index in [2.05, 4.69) is 29.6 Å². The fraction of sp³-hybridized carbons (Fsp3) is 0.538. The largest absolute Gasteiger partial charge is 0.481 e. The van der Waals surface area contributed by atoms with Gasteiger partial charge in [-0.15, -0.1) is 11.3 Å². The smallest absolute Gasteiger partial charge is 0.222 e. The van der Waals surface area contributed by atoms with Crippen molar-refractivity contribution >= 4 is 11.3 Å². The molecule has 6 heteroatoms. The SMILES string of the molecule is CCNC(C)c1csc(-c2c(C)nn(C)c2OC)n1. The van der Waals surface area contributed by atoms with Crippen LogP contribution in [-0.4, -0.2) is 28.4 Å². The number of nitrogens with one attached hydrogen (secondary N) is 1. The van der Waals surface area contributed by atoms with Crippen LogP contribution in [0.4, 0.5) is 0 Å². The molecule has 2 aromatic rings. The molecular formula is C13H20N4OS. The summed E-state index contributed by atoms with van der Waals surface area (Å²) in [5.41, 5.74) is 2.99. The highest BCUT2D eigenvalue weighted by Gasteiger charge is 2.19. The number of ether oxygens (including phenoxy) is 1. The standard InChI is InChI=1S/C13H20N4OS/c1-6-14-8(2)10-7-19-12(15-10)11-9(3)16-17(4)13(11)18-5/h7-8,14H,6H2,1-5H3. The van der Waals surface area contributed by atoms with Crippen LogP contribution >= 0.6 is 11.3 Å². The van der Waals surface area contributed by atoms with Gasteiger partial charge in [-0.25, -0.2) is 9.67 Å². The first-order chi connectivity index (χ1) is 9.08. The zero-order valence-electron chi connectivity index (χ0n) is 12.0. The van der Waals surface area contributed by atoms with Crippen LogP contribution in [0.3, 0.4) is 0 Å². The summed E-state index contributed by atoms with van der Waals surface area (Å²) in [6.07, 6.45) is 0. The van der Waals surface area contributed by atoms with Gasteiger partial charge in [-0.1, -0.05) is 6.92 Å². The molecule has 1 atom stereocenters. The second-order valence-electron chi connectivity index (χ2n) is 4.45. The lowest BCUT2D eigenvalue weighted by Gasteiger charge is -2.08. The summed E-state index contributed by atoms with van der Waals surface area (Å²) in [5.74, 6) is 0.759. The molecule has 2 rings (SSSR count). The summed E-state index contributed by atoms with van der Waals surface area (Å²) >= 11 is 1.63. The predicted octanol–water partition coefficient (Wildman–Crippen LogP) is 2.53. The monoisotopic (exact) mass is 280 g/mol. The van der Waals surface area contributed by atoms with Gasteiger partial charge in [0.1, 0.15) is 5.01 Å². The lowest BCUT2D eigenvalue weighted by molar-refractivity contribution is 0.375. The van der Waals surface area contributed by atoms with Crippen LogP contribution in [0.1, 0.15) is 31.3 Å². The Hall–Kier alpha value is -1.40. The number of thiazole rings is 1. The van der Waals surface area contributed by atoms with E-state index in [1.165, 1.54) is 0 Å². The minimum Gasteiger partial charge on any atom is -0.481 e. The molecule has 0 spiro atoms. The van der Waals surface area contributed by atoms with Crippen molar-refractivity contribution in [2.24, 2.45) is 7.05 Å². The molecule has 0 amide bonds. The molecule has 2 heterocycles. The molecule has 0 saturated carbocycles. The van der Waals surface area contributed by atoms with Crippen molar-refractivity contribution < 1.29 is 4.74 Å². The number of methoxy groups -OCH3 is 1. The van der Waals surface area contributed by atoms with Crippen molar-refractivity contribution in [3.8, 4) is 16.5 Å². The molecule has 5 nitrogen and oxygen atoms in total. The third-order valence-electron chi connectivity index (χ3n) is 3.05. The van der Waals surface area contributed by atoms with Crippen molar-refractivity contribution in [1.82, 2.24) is 20.1 Å². The Kier molecular flexibility index (Phi) is 4.21. The van der Waals surface area contributed by atoms with Gasteiger partial charge in [0, 0.05) is 18.5 Å². The highest BCUT2D eigenvalue weighted by atomic mass is 32.1. The van der Waals surface area contributed by atoms with E-state index in [1.807, 2.05) is 14.0 Å². The number of rotatable bonds is 5. The first-order valence-electron chi connectivity index (χ1n) is 6.35. The van der Waals surface area contributed by atoms with Gasteiger partial charge in [0.05, 0.1) is 24.1 Å². The van der Waals surface area contributed by atoms with Gasteiger partial charge < -0.3 is 10.1 Å². The highest BCUT2D eigenvalue weighted by molar-refractivity contribution is 7.13. The number of nitrogens with zero attached hydrogens (tertiary/aromatic N) is 3. The molecule has 104 valence electrons. The van der Waals surface area contributed by atoms with Crippen molar-refractivity contribution in [1.29, 1.82) is 0 Å². The Bertz CT molecular complexity index is 561. The van der Waals surface area contributed by atoms with Crippen LogP contribution in [0, 0.1) is 6.92 Å². The molecule has 0 radical (unpaired) electrons. The molecule has 2 aromatic heterocycles. The molecule has 1 N–H and O–H groups in total. The first kappa shape index (κ1) is 14.0. The Morgan fingerprint density at radius 1 is 1.53 bits per heavy atom. The number of aryl methyl sites for hydroxylation is 2. The molecular weight excluding hydrogens is 260 g/mol. The van der Waals surface area contributed by atoms with Gasteiger partial charge in [-0.2, -0.15) is 5.10 Å². The average Bonchev–Trinajstić information content (AvgIpc) is 2.93. The van der Waals surface area contributed by atoms with Gasteiger partial charge in [0.25, 0.3) is 0 Å². The Balaban J connectivity index is 2.38. The minimum absolute atomic E-state index is 0.262. The van der Waals surface area contributed by atoms with Crippen LogP contribution in [-0.2, 0) is 7.05 Å². The van der Waals surface area contributed by atoms with E-state index >= 15 is 0 Å². The van der Waals surface area contributed by atoms with Gasteiger partial charge in [-0.3, -0.25) is 0 Å². The van der Waals surface area contributed by atoms with Crippen LogP contribution < -0.4 is 10.1 Å². The highest BCUT2D eigenvalue weighted by Crippen LogP contribution is 2.35. The zero-order chi connectivity index (χ0) is 14.0. The summed E-state index contributed by atoms with van der Waals surface area (Å²) in [7, 11) is 3.54. The molecule has 0 bridgehead atoms. The molecule has 0 fully saturated rings. The maximum atomic E-state index is 5.42. The van der Waals surface area contributed by atoms with E-state index in [4.69, 9.17) is 9.72 Å². The van der Waals surface area contributed by atoms with Gasteiger partial charge in [-0.05, 0) is 20.4 Å². The van der Waals surface area contributed by atoms with Gasteiger partial charge in [0.2, 0.25) is 5.88 Å². The summed E-state index contributed by atoms with van der Waals surface area (Å²) in [5, 5.41) is 10.8. The molecule has 0 saturated heterocycles. The normalized spacial score (nSPS) is 12.7. The third kappa shape index (κ3) is 2.64. The fourth-order valence-electron chi connectivity index (χ4n) is 2.13. The van der Waals surface area contributed by atoms with Crippen LogP contribution in [0.5, 0.6) is 5.88 Å². The van der Waals surface area contributed by atoms with Crippen molar-refractivity contribution in [2.75, 3.05) is 13.7 Å². The number of hydrogen-bond acceptors (Lipinski definition) is 5. The fourth-order valence-corrected chi connectivity index (χ4v) is 3.13. The van der Waals surface area contributed by atoms with Crippen LogP contribution in [0.2, 0.25) is 0 Å². The Morgan fingerprint density at radius 3 is 2.89 bits per heavy atom. The Morgan fingerprint density at radius 2 is 2.26 bits per heavy atom. The number of aromatic nitrogens is 3. The Labute approximate surface area is 117 Å². The summed E-state index contributed by atoms with van der Waals surface area (Å²) in [6, 6.07) is 0.262. The van der Waals surface area contributed by atoms with E-state index in [9.17, 15) is 0 Å². The number of hydrogen-bond donors (Lipinski definition) is 1. The lowest BCUT2D eigenvalue weighted by Crippen LogP contribution is -2.17. The zero-order valence-corrected chi connectivity index (χ0v) is 12.8. The van der Waals surface area contributed by atoms with E-state index in [1.54, 1.807) is 23.1 Å². The van der Waals surface area contributed by atoms with E-state index < -0.39 is 0 Å². The molecule has 0 aliphatic rings. The van der Waals surface area contributed by atoms with E-state index in [0.29, 0.717) is 0 Å². The van der Waals surface area contributed by atoms with Crippen LogP contribution in [0.15, 0.2) is 5.38 Å². The van der Waals surface area contributed by atoms with Gasteiger partial charge >= 0.3 is 0 Å². The predicted molar refractivity (Wildman–Crippen MR) is 77.7 cm³/mol. The maximum absolute atomic E-state index is 5.42. The molecule has 19 heavy (non-hydrogen) atoms. The second-order valence-corrected chi connectivity index (χ2v) is 5.31. The lowest BCUT2D eigenvalue weighted by atomic mass is 10.2. The summed E-state index contributed by atoms with van der Waals surface area (Å²) in [6.45, 7) is 7.13. The van der Waals surface area contributed by atoms with E-state index in [-0.39, 0.29) is 6.04 Å². The minimum atomic E-state index is 0.262. The molecule has 0 aromatic carbocycles. The molecule has 1 unspecified atom stereocenters. The van der Waals surface area contributed by atoms with Gasteiger partial charge in [0.15, 0.2) is 0 Å². The quantitative estimate of drug-likeness (QED) is 0.914. The second kappa shape index (κ2) is 5.71.